The molecule has 1 rings (SSSR count). The molecule has 0 aliphatic carbocycles. The van der Waals surface area contributed by atoms with Crippen LogP contribution in [0.3, 0.4) is 0 Å². The molecule has 0 saturated carbocycles. The highest BCUT2D eigenvalue weighted by Gasteiger charge is 2.32. The molecule has 0 radical (unpaired) electrons. The quantitative estimate of drug-likeness (QED) is 0.477. The first-order valence-electron chi connectivity index (χ1n) is 4.44. The summed E-state index contributed by atoms with van der Waals surface area (Å²) >= 11 is 5.48. The number of hydrogen-bond acceptors (Lipinski definition) is 2. The van der Waals surface area contributed by atoms with Gasteiger partial charge in [-0.15, -0.1) is 24.8 Å². The largest absolute Gasteiger partial charge is 0.573 e. The van der Waals surface area contributed by atoms with Crippen LogP contribution in [0.25, 0.3) is 0 Å². The molecule has 1 aromatic rings. The summed E-state index contributed by atoms with van der Waals surface area (Å²) in [6.07, 6.45) is -4.98. The van der Waals surface area contributed by atoms with Crippen LogP contribution in [0, 0.1) is 5.82 Å². The van der Waals surface area contributed by atoms with Gasteiger partial charge in [0, 0.05) is 5.56 Å². The number of halogens is 5. The predicted molar refractivity (Wildman–Crippen MR) is 52.7 cm³/mol. The third-order valence-corrected chi connectivity index (χ3v) is 2.00. The van der Waals surface area contributed by atoms with E-state index in [1.807, 2.05) is 0 Å². The zero-order valence-corrected chi connectivity index (χ0v) is 9.27. The van der Waals surface area contributed by atoms with Gasteiger partial charge in [-0.3, -0.25) is 4.79 Å². The van der Waals surface area contributed by atoms with Crippen molar-refractivity contribution < 1.29 is 27.1 Å². The van der Waals surface area contributed by atoms with Gasteiger partial charge in [-0.05, 0) is 25.1 Å². The minimum absolute atomic E-state index is 0.112. The van der Waals surface area contributed by atoms with E-state index in [4.69, 9.17) is 11.6 Å². The summed E-state index contributed by atoms with van der Waals surface area (Å²) in [7, 11) is 0. The lowest BCUT2D eigenvalue weighted by atomic mass is 10.1. The highest BCUT2D eigenvalue weighted by Crippen LogP contribution is 2.26. The van der Waals surface area contributed by atoms with E-state index in [0.29, 0.717) is 6.07 Å². The van der Waals surface area contributed by atoms with Gasteiger partial charge < -0.3 is 4.74 Å². The minimum Gasteiger partial charge on any atom is -0.403 e. The van der Waals surface area contributed by atoms with E-state index in [-0.39, 0.29) is 5.56 Å². The van der Waals surface area contributed by atoms with Crippen molar-refractivity contribution >= 4 is 17.4 Å². The minimum atomic E-state index is -4.98. The molecule has 0 bridgehead atoms. The summed E-state index contributed by atoms with van der Waals surface area (Å²) in [4.78, 5) is 11.3. The second-order valence-electron chi connectivity index (χ2n) is 3.17. The first-order valence-corrected chi connectivity index (χ1v) is 4.88. The maximum atomic E-state index is 13.2. The van der Waals surface area contributed by atoms with Crippen molar-refractivity contribution in [3.63, 3.8) is 0 Å². The van der Waals surface area contributed by atoms with Crippen LogP contribution in [0.4, 0.5) is 17.6 Å². The molecule has 0 fully saturated rings. The summed E-state index contributed by atoms with van der Waals surface area (Å²) in [6, 6.07) is 2.41. The Labute approximate surface area is 99.1 Å². The van der Waals surface area contributed by atoms with Crippen LogP contribution in [0.15, 0.2) is 18.2 Å². The van der Waals surface area contributed by atoms with Gasteiger partial charge in [0.25, 0.3) is 0 Å². The Bertz CT molecular complexity index is 429. The molecule has 1 unspecified atom stereocenters. The van der Waals surface area contributed by atoms with Crippen LogP contribution < -0.4 is 4.74 Å². The molecule has 0 heterocycles. The number of ether oxygens (including phenoxy) is 1. The number of carbonyl (C=O) groups is 1. The Hall–Kier alpha value is -1.30. The first kappa shape index (κ1) is 13.8. The molecule has 0 aliphatic rings. The highest BCUT2D eigenvalue weighted by atomic mass is 35.5. The second-order valence-corrected chi connectivity index (χ2v) is 3.83. The fourth-order valence-corrected chi connectivity index (χ4v) is 1.22. The maximum absolute atomic E-state index is 13.2. The van der Waals surface area contributed by atoms with Crippen molar-refractivity contribution in [1.82, 2.24) is 0 Å². The number of Topliss-reactive ketones (excluding diaryl/α,β-unsaturated/α-hetero) is 1. The van der Waals surface area contributed by atoms with Gasteiger partial charge in [-0.2, -0.15) is 0 Å². The van der Waals surface area contributed by atoms with E-state index in [1.54, 1.807) is 0 Å². The molecule has 0 aliphatic heterocycles. The Morgan fingerprint density at radius 3 is 2.41 bits per heavy atom. The molecule has 0 amide bonds. The van der Waals surface area contributed by atoms with Gasteiger partial charge in [0.1, 0.15) is 0 Å². The Morgan fingerprint density at radius 2 is 2.00 bits per heavy atom. The number of carbonyl (C=O) groups excluding carboxylic acids is 1. The van der Waals surface area contributed by atoms with Crippen LogP contribution in [0.5, 0.6) is 5.75 Å². The molecular formula is C10H7ClF4O2. The van der Waals surface area contributed by atoms with E-state index >= 15 is 0 Å². The van der Waals surface area contributed by atoms with Crippen LogP contribution >= 0.6 is 11.6 Å². The lowest BCUT2D eigenvalue weighted by Gasteiger charge is -2.10. The van der Waals surface area contributed by atoms with Crippen molar-refractivity contribution in [3.05, 3.63) is 29.6 Å². The number of rotatable bonds is 3. The van der Waals surface area contributed by atoms with E-state index in [9.17, 15) is 22.4 Å². The fourth-order valence-electron chi connectivity index (χ4n) is 1.09. The number of alkyl halides is 4. The summed E-state index contributed by atoms with van der Waals surface area (Å²) < 4.78 is 52.1. The lowest BCUT2D eigenvalue weighted by Crippen LogP contribution is -2.18. The molecule has 1 atom stereocenters. The number of hydrogen-bond donors (Lipinski definition) is 0. The van der Waals surface area contributed by atoms with Crippen LogP contribution in [-0.4, -0.2) is 17.5 Å². The SMILES string of the molecule is CC(Cl)C(=O)c1ccc(OC(F)(F)F)c(F)c1. The van der Waals surface area contributed by atoms with E-state index in [0.717, 1.165) is 12.1 Å². The smallest absolute Gasteiger partial charge is 0.403 e. The van der Waals surface area contributed by atoms with Gasteiger partial charge in [0.05, 0.1) is 5.38 Å². The van der Waals surface area contributed by atoms with Gasteiger partial charge >= 0.3 is 6.36 Å². The predicted octanol–water partition coefficient (Wildman–Crippen LogP) is 3.53. The van der Waals surface area contributed by atoms with Crippen LogP contribution in [0.2, 0.25) is 0 Å². The number of benzene rings is 1. The average Bonchev–Trinajstić information content (AvgIpc) is 2.18. The molecule has 0 saturated heterocycles. The summed E-state index contributed by atoms with van der Waals surface area (Å²) in [5.74, 6) is -2.84. The second kappa shape index (κ2) is 4.91. The molecular weight excluding hydrogens is 264 g/mol. The van der Waals surface area contributed by atoms with Gasteiger partial charge in [0.15, 0.2) is 17.3 Å². The molecule has 0 aromatic heterocycles. The third kappa shape index (κ3) is 3.89. The van der Waals surface area contributed by atoms with E-state index < -0.39 is 29.1 Å². The Morgan fingerprint density at radius 1 is 1.41 bits per heavy atom. The topological polar surface area (TPSA) is 26.3 Å². The fraction of sp³-hybridized carbons (Fsp3) is 0.300. The van der Waals surface area contributed by atoms with Crippen molar-refractivity contribution in [1.29, 1.82) is 0 Å². The Balaban J connectivity index is 2.98. The maximum Gasteiger partial charge on any atom is 0.573 e. The normalized spacial score (nSPS) is 13.3. The van der Waals surface area contributed by atoms with Crippen molar-refractivity contribution in [2.45, 2.75) is 18.7 Å². The third-order valence-electron chi connectivity index (χ3n) is 1.80. The molecule has 2 nitrogen and oxygen atoms in total. The van der Waals surface area contributed by atoms with Gasteiger partial charge in [0.2, 0.25) is 0 Å². The van der Waals surface area contributed by atoms with Crippen molar-refractivity contribution in [2.75, 3.05) is 0 Å². The van der Waals surface area contributed by atoms with Gasteiger partial charge in [-0.1, -0.05) is 0 Å². The zero-order chi connectivity index (χ0) is 13.2. The summed E-state index contributed by atoms with van der Waals surface area (Å²) in [6.45, 7) is 1.38. The lowest BCUT2D eigenvalue weighted by molar-refractivity contribution is -0.275. The summed E-state index contributed by atoms with van der Waals surface area (Å²) in [5.41, 5.74) is -0.112. The molecule has 94 valence electrons. The number of ketones is 1. The monoisotopic (exact) mass is 270 g/mol. The standard InChI is InChI=1S/C10H7ClF4O2/c1-5(11)9(16)6-2-3-8(7(12)4-6)17-10(13,14)15/h2-5H,1H3. The molecule has 0 N–H and O–H groups in total. The first-order chi connectivity index (χ1) is 7.70. The molecule has 1 aromatic carbocycles. The van der Waals surface area contributed by atoms with Crippen LogP contribution in [0.1, 0.15) is 17.3 Å². The molecule has 0 spiro atoms. The molecule has 7 heteroatoms. The zero-order valence-electron chi connectivity index (χ0n) is 8.52. The van der Waals surface area contributed by atoms with Crippen molar-refractivity contribution in [3.8, 4) is 5.75 Å². The van der Waals surface area contributed by atoms with E-state index in [1.165, 1.54) is 6.92 Å². The van der Waals surface area contributed by atoms with Crippen LogP contribution in [-0.2, 0) is 0 Å². The average molecular weight is 271 g/mol. The van der Waals surface area contributed by atoms with Gasteiger partial charge in [-0.25, -0.2) is 4.39 Å². The highest BCUT2D eigenvalue weighted by molar-refractivity contribution is 6.33. The molecule has 17 heavy (non-hydrogen) atoms. The van der Waals surface area contributed by atoms with Crippen molar-refractivity contribution in [2.24, 2.45) is 0 Å². The Kier molecular flexibility index (Phi) is 3.98. The summed E-state index contributed by atoms with van der Waals surface area (Å²) in [5, 5.41) is -0.885. The van der Waals surface area contributed by atoms with E-state index in [2.05, 4.69) is 4.74 Å².